The summed E-state index contributed by atoms with van der Waals surface area (Å²) in [5, 5.41) is 4.00. The molecule has 1 fully saturated rings. The Morgan fingerprint density at radius 1 is 1.45 bits per heavy atom. The summed E-state index contributed by atoms with van der Waals surface area (Å²) >= 11 is 5.99. The average molecular weight is 294 g/mol. The number of carbonyl (C=O) groups excluding carboxylic acids is 1. The average Bonchev–Trinajstić information content (AvgIpc) is 3.12. The number of nitrogens with zero attached hydrogens (tertiary/aromatic N) is 3. The second-order valence-corrected chi connectivity index (χ2v) is 4.87. The molecule has 1 aliphatic rings. The molecule has 0 aromatic carbocycles. The molecule has 104 valence electrons. The van der Waals surface area contributed by atoms with E-state index in [9.17, 15) is 4.79 Å². The summed E-state index contributed by atoms with van der Waals surface area (Å²) in [4.78, 5) is 17.7. The molecular weight excluding hydrogens is 282 g/mol. The molecule has 0 spiro atoms. The van der Waals surface area contributed by atoms with Crippen molar-refractivity contribution in [2.45, 2.75) is 12.5 Å². The third-order valence-electron chi connectivity index (χ3n) is 3.11. The summed E-state index contributed by atoms with van der Waals surface area (Å²) in [6, 6.07) is 3.26. The molecule has 3 rings (SSSR count). The van der Waals surface area contributed by atoms with Crippen molar-refractivity contribution < 1.29 is 14.1 Å². The summed E-state index contributed by atoms with van der Waals surface area (Å²) in [6.45, 7) is 1.12. The summed E-state index contributed by atoms with van der Waals surface area (Å²) in [6.07, 6.45) is 5.27. The fourth-order valence-electron chi connectivity index (χ4n) is 2.13. The van der Waals surface area contributed by atoms with Crippen molar-refractivity contribution in [3.05, 3.63) is 41.5 Å². The second kappa shape index (κ2) is 5.50. The molecule has 7 heteroatoms. The Hall–Kier alpha value is -2.08. The molecule has 1 atom stereocenters. The number of hydrogen-bond acceptors (Lipinski definition) is 5. The van der Waals surface area contributed by atoms with Gasteiger partial charge in [0.25, 0.3) is 5.91 Å². The number of halogens is 1. The predicted molar refractivity (Wildman–Crippen MR) is 70.7 cm³/mol. The van der Waals surface area contributed by atoms with Crippen LogP contribution < -0.4 is 4.74 Å². The van der Waals surface area contributed by atoms with E-state index in [2.05, 4.69) is 10.1 Å². The smallest absolute Gasteiger partial charge is 0.292 e. The van der Waals surface area contributed by atoms with Crippen LogP contribution in [0.1, 0.15) is 17.0 Å². The summed E-state index contributed by atoms with van der Waals surface area (Å²) < 4.78 is 10.7. The standard InChI is InChI=1S/C13H12ClN3O3/c14-10-7-15-4-1-11(10)19-9-3-6-17(8-9)13(18)12-2-5-16-20-12/h1-2,4-5,7,9H,3,6,8H2. The van der Waals surface area contributed by atoms with Crippen molar-refractivity contribution in [3.8, 4) is 5.75 Å². The maximum Gasteiger partial charge on any atom is 0.292 e. The van der Waals surface area contributed by atoms with Gasteiger partial charge in [-0.2, -0.15) is 0 Å². The number of carbonyl (C=O) groups is 1. The second-order valence-electron chi connectivity index (χ2n) is 4.46. The molecule has 0 saturated carbocycles. The van der Waals surface area contributed by atoms with Gasteiger partial charge in [-0.05, 0) is 0 Å². The first-order valence-corrected chi connectivity index (χ1v) is 6.58. The molecule has 20 heavy (non-hydrogen) atoms. The van der Waals surface area contributed by atoms with Crippen molar-refractivity contribution in [1.29, 1.82) is 0 Å². The van der Waals surface area contributed by atoms with E-state index in [1.54, 1.807) is 23.2 Å². The van der Waals surface area contributed by atoms with Gasteiger partial charge in [0.05, 0.1) is 12.7 Å². The molecule has 1 aliphatic heterocycles. The molecule has 6 nitrogen and oxygen atoms in total. The Kier molecular flexibility index (Phi) is 3.56. The third-order valence-corrected chi connectivity index (χ3v) is 3.39. The van der Waals surface area contributed by atoms with Crippen LogP contribution in [0.15, 0.2) is 35.2 Å². The lowest BCUT2D eigenvalue weighted by Gasteiger charge is -2.16. The van der Waals surface area contributed by atoms with Crippen LogP contribution in [-0.4, -0.2) is 40.1 Å². The van der Waals surface area contributed by atoms with Crippen molar-refractivity contribution in [3.63, 3.8) is 0 Å². The quantitative estimate of drug-likeness (QED) is 0.866. The summed E-state index contributed by atoms with van der Waals surface area (Å²) in [7, 11) is 0. The van der Waals surface area contributed by atoms with Crippen molar-refractivity contribution >= 4 is 17.5 Å². The van der Waals surface area contributed by atoms with Crippen molar-refractivity contribution in [2.75, 3.05) is 13.1 Å². The van der Waals surface area contributed by atoms with Gasteiger partial charge in [0.2, 0.25) is 5.76 Å². The Labute approximate surface area is 120 Å². The lowest BCUT2D eigenvalue weighted by atomic mass is 10.3. The Balaban J connectivity index is 1.63. The van der Waals surface area contributed by atoms with Crippen LogP contribution in [-0.2, 0) is 0 Å². The number of hydrogen-bond donors (Lipinski definition) is 0. The Morgan fingerprint density at radius 2 is 2.35 bits per heavy atom. The maximum absolute atomic E-state index is 12.1. The van der Waals surface area contributed by atoms with Gasteiger partial charge in [-0.15, -0.1) is 0 Å². The van der Waals surface area contributed by atoms with E-state index in [1.165, 1.54) is 12.4 Å². The zero-order valence-corrected chi connectivity index (χ0v) is 11.3. The lowest BCUT2D eigenvalue weighted by Crippen LogP contribution is -2.30. The van der Waals surface area contributed by atoms with Crippen LogP contribution in [0.2, 0.25) is 5.02 Å². The highest BCUT2D eigenvalue weighted by Gasteiger charge is 2.30. The largest absolute Gasteiger partial charge is 0.487 e. The monoisotopic (exact) mass is 293 g/mol. The van der Waals surface area contributed by atoms with E-state index in [0.717, 1.165) is 6.42 Å². The number of likely N-dealkylation sites (tertiary alicyclic amines) is 1. The number of ether oxygens (including phenoxy) is 1. The van der Waals surface area contributed by atoms with Crippen LogP contribution in [0.3, 0.4) is 0 Å². The number of rotatable bonds is 3. The van der Waals surface area contributed by atoms with E-state index in [0.29, 0.717) is 23.9 Å². The van der Waals surface area contributed by atoms with Crippen LogP contribution >= 0.6 is 11.6 Å². The summed E-state index contributed by atoms with van der Waals surface area (Å²) in [5.74, 6) is 0.655. The van der Waals surface area contributed by atoms with Gasteiger partial charge in [-0.25, -0.2) is 0 Å². The first kappa shape index (κ1) is 12.9. The number of pyridine rings is 1. The summed E-state index contributed by atoms with van der Waals surface area (Å²) in [5.41, 5.74) is 0. The minimum atomic E-state index is -0.172. The van der Waals surface area contributed by atoms with Crippen LogP contribution in [0.5, 0.6) is 5.75 Å². The van der Waals surface area contributed by atoms with E-state index in [4.69, 9.17) is 20.9 Å². The SMILES string of the molecule is O=C(c1ccno1)N1CCC(Oc2ccncc2Cl)C1. The van der Waals surface area contributed by atoms with Gasteiger partial charge < -0.3 is 14.2 Å². The Morgan fingerprint density at radius 3 is 3.10 bits per heavy atom. The normalized spacial score (nSPS) is 18.2. The molecule has 1 unspecified atom stereocenters. The number of amides is 1. The van der Waals surface area contributed by atoms with Gasteiger partial charge in [0.15, 0.2) is 0 Å². The van der Waals surface area contributed by atoms with Crippen LogP contribution in [0.25, 0.3) is 0 Å². The van der Waals surface area contributed by atoms with E-state index < -0.39 is 0 Å². The fraction of sp³-hybridized carbons (Fsp3) is 0.308. The molecule has 0 N–H and O–H groups in total. The highest BCUT2D eigenvalue weighted by molar-refractivity contribution is 6.31. The van der Waals surface area contributed by atoms with E-state index in [1.807, 2.05) is 0 Å². The van der Waals surface area contributed by atoms with Gasteiger partial charge in [-0.1, -0.05) is 16.8 Å². The van der Waals surface area contributed by atoms with Crippen LogP contribution in [0, 0.1) is 0 Å². The molecule has 1 amide bonds. The molecule has 2 aromatic rings. The van der Waals surface area contributed by atoms with Gasteiger partial charge in [0, 0.05) is 37.5 Å². The van der Waals surface area contributed by atoms with E-state index in [-0.39, 0.29) is 17.8 Å². The lowest BCUT2D eigenvalue weighted by molar-refractivity contribution is 0.0731. The zero-order valence-electron chi connectivity index (χ0n) is 10.5. The minimum Gasteiger partial charge on any atom is -0.487 e. The van der Waals surface area contributed by atoms with E-state index >= 15 is 0 Å². The fourth-order valence-corrected chi connectivity index (χ4v) is 2.29. The predicted octanol–water partition coefficient (Wildman–Crippen LogP) is 2.02. The van der Waals surface area contributed by atoms with Gasteiger partial charge in [-0.3, -0.25) is 9.78 Å². The van der Waals surface area contributed by atoms with Gasteiger partial charge >= 0.3 is 0 Å². The van der Waals surface area contributed by atoms with Gasteiger partial charge in [0.1, 0.15) is 16.9 Å². The molecule has 2 aromatic heterocycles. The zero-order chi connectivity index (χ0) is 13.9. The highest BCUT2D eigenvalue weighted by atomic mass is 35.5. The minimum absolute atomic E-state index is 0.0817. The molecule has 3 heterocycles. The maximum atomic E-state index is 12.1. The van der Waals surface area contributed by atoms with Crippen LogP contribution in [0.4, 0.5) is 0 Å². The molecular formula is C13H12ClN3O3. The first-order valence-electron chi connectivity index (χ1n) is 6.20. The van der Waals surface area contributed by atoms with Crippen molar-refractivity contribution in [2.24, 2.45) is 0 Å². The molecule has 0 radical (unpaired) electrons. The molecule has 1 saturated heterocycles. The first-order chi connectivity index (χ1) is 9.74. The molecule has 0 bridgehead atoms. The third kappa shape index (κ3) is 2.60. The Bertz CT molecular complexity index is 603. The highest BCUT2D eigenvalue weighted by Crippen LogP contribution is 2.26. The van der Waals surface area contributed by atoms with Crippen molar-refractivity contribution in [1.82, 2.24) is 15.0 Å². The topological polar surface area (TPSA) is 68.5 Å². The molecule has 0 aliphatic carbocycles. The number of aromatic nitrogens is 2.